The van der Waals surface area contributed by atoms with Crippen LogP contribution in [0.1, 0.15) is 19.2 Å². The number of halogens is 2. The van der Waals surface area contributed by atoms with E-state index in [0.29, 0.717) is 10.0 Å². The van der Waals surface area contributed by atoms with Gasteiger partial charge in [-0.05, 0) is 31.5 Å². The topological polar surface area (TPSA) is 37.8 Å². The summed E-state index contributed by atoms with van der Waals surface area (Å²) in [5.74, 6) is 1.56. The number of rotatable bonds is 5. The highest BCUT2D eigenvalue weighted by Gasteiger charge is 2.07. The maximum absolute atomic E-state index is 6.17. The van der Waals surface area contributed by atoms with Crippen LogP contribution in [0.25, 0.3) is 0 Å². The molecule has 0 saturated heterocycles. The molecule has 2 aromatic rings. The number of hydrogen-bond donors (Lipinski definition) is 1. The molecule has 0 spiro atoms. The first-order valence-corrected chi connectivity index (χ1v) is 7.88. The van der Waals surface area contributed by atoms with Gasteiger partial charge in [-0.15, -0.1) is 0 Å². The van der Waals surface area contributed by atoms with E-state index in [1.807, 2.05) is 19.1 Å². The van der Waals surface area contributed by atoms with Crippen LogP contribution < -0.4 is 5.32 Å². The molecule has 20 heavy (non-hydrogen) atoms. The minimum Gasteiger partial charge on any atom is -0.370 e. The molecule has 0 unspecified atom stereocenters. The quantitative estimate of drug-likeness (QED) is 0.778. The average molecular weight is 328 g/mol. The molecule has 1 N–H and O–H groups in total. The van der Waals surface area contributed by atoms with Gasteiger partial charge in [0.05, 0.1) is 5.02 Å². The Kier molecular flexibility index (Phi) is 5.52. The van der Waals surface area contributed by atoms with E-state index in [2.05, 4.69) is 22.2 Å². The van der Waals surface area contributed by atoms with Crippen molar-refractivity contribution in [1.82, 2.24) is 9.97 Å². The SMILES string of the molecule is CCCNc1cc(Sc2cc(Cl)ccc2Cl)nc(C)n1. The Hall–Kier alpha value is -0.970. The third-order valence-corrected chi connectivity index (χ3v) is 4.13. The van der Waals surface area contributed by atoms with Gasteiger partial charge >= 0.3 is 0 Å². The predicted molar refractivity (Wildman–Crippen MR) is 86.1 cm³/mol. The number of nitrogens with zero attached hydrogens (tertiary/aromatic N) is 2. The number of anilines is 1. The van der Waals surface area contributed by atoms with Crippen molar-refractivity contribution >= 4 is 40.8 Å². The molecule has 0 atom stereocenters. The van der Waals surface area contributed by atoms with Crippen LogP contribution in [0.5, 0.6) is 0 Å². The number of hydrogen-bond acceptors (Lipinski definition) is 4. The second-order valence-corrected chi connectivity index (χ2v) is 6.15. The van der Waals surface area contributed by atoms with Crippen molar-refractivity contribution in [2.75, 3.05) is 11.9 Å². The monoisotopic (exact) mass is 327 g/mol. The van der Waals surface area contributed by atoms with Gasteiger partial charge in [0.25, 0.3) is 0 Å². The summed E-state index contributed by atoms with van der Waals surface area (Å²) in [6, 6.07) is 7.32. The fourth-order valence-corrected chi connectivity index (χ4v) is 3.00. The van der Waals surface area contributed by atoms with Gasteiger partial charge in [0.2, 0.25) is 0 Å². The van der Waals surface area contributed by atoms with Gasteiger partial charge in [-0.1, -0.05) is 41.9 Å². The van der Waals surface area contributed by atoms with Crippen molar-refractivity contribution in [2.45, 2.75) is 30.2 Å². The minimum absolute atomic E-state index is 0.659. The van der Waals surface area contributed by atoms with Crippen molar-refractivity contribution in [3.05, 3.63) is 40.1 Å². The van der Waals surface area contributed by atoms with Crippen molar-refractivity contribution in [3.8, 4) is 0 Å². The first kappa shape index (κ1) is 15.4. The molecule has 2 rings (SSSR count). The largest absolute Gasteiger partial charge is 0.370 e. The maximum atomic E-state index is 6.17. The molecule has 0 aliphatic carbocycles. The summed E-state index contributed by atoms with van der Waals surface area (Å²) in [4.78, 5) is 9.66. The van der Waals surface area contributed by atoms with Crippen LogP contribution in [0.4, 0.5) is 5.82 Å². The summed E-state index contributed by atoms with van der Waals surface area (Å²) < 4.78 is 0. The second-order valence-electron chi connectivity index (χ2n) is 4.24. The van der Waals surface area contributed by atoms with Crippen molar-refractivity contribution in [2.24, 2.45) is 0 Å². The number of benzene rings is 1. The molecule has 0 bridgehead atoms. The first-order chi connectivity index (χ1) is 9.58. The molecule has 1 heterocycles. The molecule has 0 amide bonds. The Morgan fingerprint density at radius 2 is 2.00 bits per heavy atom. The van der Waals surface area contributed by atoms with Crippen LogP contribution in [-0.2, 0) is 0 Å². The highest BCUT2D eigenvalue weighted by molar-refractivity contribution is 7.99. The lowest BCUT2D eigenvalue weighted by molar-refractivity contribution is 0.928. The van der Waals surface area contributed by atoms with E-state index in [1.165, 1.54) is 11.8 Å². The van der Waals surface area contributed by atoms with E-state index in [0.717, 1.165) is 34.5 Å². The zero-order valence-corrected chi connectivity index (χ0v) is 13.6. The fraction of sp³-hybridized carbons (Fsp3) is 0.286. The normalized spacial score (nSPS) is 10.6. The summed E-state index contributed by atoms with van der Waals surface area (Å²) in [6.45, 7) is 4.88. The third-order valence-electron chi connectivity index (χ3n) is 2.48. The van der Waals surface area contributed by atoms with E-state index >= 15 is 0 Å². The summed E-state index contributed by atoms with van der Waals surface area (Å²) in [5, 5.41) is 5.44. The Morgan fingerprint density at radius 3 is 2.75 bits per heavy atom. The van der Waals surface area contributed by atoms with Gasteiger partial charge in [0, 0.05) is 22.5 Å². The van der Waals surface area contributed by atoms with Gasteiger partial charge in [-0.25, -0.2) is 9.97 Å². The standard InChI is InChI=1S/C14H15Cl2N3S/c1-3-6-17-13-8-14(19-9(2)18-13)20-12-7-10(15)4-5-11(12)16/h4-5,7-8H,3,6H2,1-2H3,(H,17,18,19). The molecule has 1 aromatic carbocycles. The molecular weight excluding hydrogens is 313 g/mol. The number of aryl methyl sites for hydroxylation is 1. The molecular formula is C14H15Cl2N3S. The molecule has 0 aliphatic heterocycles. The van der Waals surface area contributed by atoms with Crippen LogP contribution in [-0.4, -0.2) is 16.5 Å². The lowest BCUT2D eigenvalue weighted by atomic mass is 10.4. The Morgan fingerprint density at radius 1 is 1.20 bits per heavy atom. The number of nitrogens with one attached hydrogen (secondary N) is 1. The molecule has 0 aliphatic rings. The summed E-state index contributed by atoms with van der Waals surface area (Å²) >= 11 is 13.7. The minimum atomic E-state index is 0.659. The zero-order chi connectivity index (χ0) is 14.5. The Labute approximate surface area is 133 Å². The van der Waals surface area contributed by atoms with E-state index < -0.39 is 0 Å². The number of aromatic nitrogens is 2. The van der Waals surface area contributed by atoms with E-state index in [1.54, 1.807) is 12.1 Å². The van der Waals surface area contributed by atoms with Crippen molar-refractivity contribution < 1.29 is 0 Å². The highest BCUT2D eigenvalue weighted by Crippen LogP contribution is 2.34. The Balaban J connectivity index is 2.24. The lowest BCUT2D eigenvalue weighted by Crippen LogP contribution is -2.04. The van der Waals surface area contributed by atoms with Crippen LogP contribution in [0.15, 0.2) is 34.2 Å². The summed E-state index contributed by atoms with van der Waals surface area (Å²) in [5.41, 5.74) is 0. The van der Waals surface area contributed by atoms with Gasteiger partial charge in [-0.3, -0.25) is 0 Å². The lowest BCUT2D eigenvalue weighted by Gasteiger charge is -2.08. The summed E-state index contributed by atoms with van der Waals surface area (Å²) in [7, 11) is 0. The fourth-order valence-electron chi connectivity index (χ4n) is 1.60. The van der Waals surface area contributed by atoms with Gasteiger partial charge in [-0.2, -0.15) is 0 Å². The van der Waals surface area contributed by atoms with Crippen LogP contribution in [0.2, 0.25) is 10.0 Å². The van der Waals surface area contributed by atoms with E-state index in [9.17, 15) is 0 Å². The van der Waals surface area contributed by atoms with Crippen molar-refractivity contribution in [3.63, 3.8) is 0 Å². The third kappa shape index (κ3) is 4.27. The van der Waals surface area contributed by atoms with Crippen LogP contribution in [0, 0.1) is 6.92 Å². The maximum Gasteiger partial charge on any atom is 0.130 e. The molecule has 0 fully saturated rings. The smallest absolute Gasteiger partial charge is 0.130 e. The Bertz CT molecular complexity index is 605. The first-order valence-electron chi connectivity index (χ1n) is 6.31. The molecule has 6 heteroatoms. The predicted octanol–water partition coefficient (Wildman–Crippen LogP) is 5.06. The molecule has 3 nitrogen and oxygen atoms in total. The van der Waals surface area contributed by atoms with Crippen molar-refractivity contribution in [1.29, 1.82) is 0 Å². The molecule has 0 saturated carbocycles. The van der Waals surface area contributed by atoms with Crippen LogP contribution >= 0.6 is 35.0 Å². The van der Waals surface area contributed by atoms with Gasteiger partial charge in [0.15, 0.2) is 0 Å². The van der Waals surface area contributed by atoms with Gasteiger partial charge in [0.1, 0.15) is 16.7 Å². The highest BCUT2D eigenvalue weighted by atomic mass is 35.5. The molecule has 0 radical (unpaired) electrons. The summed E-state index contributed by atoms with van der Waals surface area (Å²) in [6.07, 6.45) is 1.05. The van der Waals surface area contributed by atoms with Crippen LogP contribution in [0.3, 0.4) is 0 Å². The average Bonchev–Trinajstić information content (AvgIpc) is 2.40. The van der Waals surface area contributed by atoms with Gasteiger partial charge < -0.3 is 5.32 Å². The van der Waals surface area contributed by atoms with E-state index in [-0.39, 0.29) is 0 Å². The van der Waals surface area contributed by atoms with E-state index in [4.69, 9.17) is 23.2 Å². The second kappa shape index (κ2) is 7.16. The molecule has 106 valence electrons. The molecule has 1 aromatic heterocycles. The zero-order valence-electron chi connectivity index (χ0n) is 11.3.